The van der Waals surface area contributed by atoms with Gasteiger partial charge in [-0.25, -0.2) is 4.39 Å². The van der Waals surface area contributed by atoms with Gasteiger partial charge in [0.05, 0.1) is 19.1 Å². The molecule has 6 heteroatoms. The Morgan fingerprint density at radius 1 is 1.15 bits per heavy atom. The number of carbonyl (C=O) groups is 1. The van der Waals surface area contributed by atoms with Crippen molar-refractivity contribution in [2.45, 2.75) is 25.0 Å². The molecule has 2 aromatic carbocycles. The van der Waals surface area contributed by atoms with Gasteiger partial charge in [0.15, 0.2) is 0 Å². The van der Waals surface area contributed by atoms with E-state index in [2.05, 4.69) is 0 Å². The fourth-order valence-corrected chi connectivity index (χ4v) is 3.59. The minimum absolute atomic E-state index is 0.0632. The van der Waals surface area contributed by atoms with Crippen LogP contribution in [0.4, 0.5) is 4.39 Å². The molecule has 5 nitrogen and oxygen atoms in total. The van der Waals surface area contributed by atoms with Crippen LogP contribution in [0.5, 0.6) is 0 Å². The number of hydrogen-bond acceptors (Lipinski definition) is 4. The highest BCUT2D eigenvalue weighted by Crippen LogP contribution is 2.38. The van der Waals surface area contributed by atoms with Crippen LogP contribution in [0.15, 0.2) is 66.2 Å². The van der Waals surface area contributed by atoms with Crippen LogP contribution in [0.2, 0.25) is 0 Å². The van der Waals surface area contributed by atoms with Gasteiger partial charge in [0.1, 0.15) is 12.1 Å². The molecule has 27 heavy (non-hydrogen) atoms. The summed E-state index contributed by atoms with van der Waals surface area (Å²) in [6.45, 7) is 0.611. The van der Waals surface area contributed by atoms with Gasteiger partial charge in [-0.2, -0.15) is 0 Å². The smallest absolute Gasteiger partial charge is 0.224 e. The number of benzene rings is 2. The first kappa shape index (κ1) is 18.9. The molecule has 0 aliphatic heterocycles. The summed E-state index contributed by atoms with van der Waals surface area (Å²) in [7, 11) is 0. The van der Waals surface area contributed by atoms with E-state index in [9.17, 15) is 19.3 Å². The number of hydrogen-bond donors (Lipinski definition) is 0. The van der Waals surface area contributed by atoms with E-state index >= 15 is 0 Å². The van der Waals surface area contributed by atoms with Crippen LogP contribution >= 0.6 is 0 Å². The predicted molar refractivity (Wildman–Crippen MR) is 98.3 cm³/mol. The number of ether oxygens (including phenoxy) is 1. The molecule has 0 aromatic heterocycles. The molecule has 2 aromatic rings. The van der Waals surface area contributed by atoms with Crippen LogP contribution < -0.4 is 0 Å². The van der Waals surface area contributed by atoms with Crippen molar-refractivity contribution in [3.63, 3.8) is 0 Å². The van der Waals surface area contributed by atoms with Crippen LogP contribution in [0, 0.1) is 21.8 Å². The molecular formula is C21H20FNO4. The first-order valence-electron chi connectivity index (χ1n) is 8.75. The second kappa shape index (κ2) is 8.68. The van der Waals surface area contributed by atoms with Gasteiger partial charge < -0.3 is 4.74 Å². The molecule has 3 rings (SSSR count). The van der Waals surface area contributed by atoms with E-state index in [1.54, 1.807) is 18.2 Å². The van der Waals surface area contributed by atoms with E-state index < -0.39 is 17.8 Å². The summed E-state index contributed by atoms with van der Waals surface area (Å²) >= 11 is 0. The second-order valence-electron chi connectivity index (χ2n) is 6.66. The fraction of sp³-hybridized carbons (Fsp3) is 0.286. The molecule has 0 N–H and O–H groups in total. The Kier molecular flexibility index (Phi) is 6.08. The van der Waals surface area contributed by atoms with Gasteiger partial charge >= 0.3 is 0 Å². The van der Waals surface area contributed by atoms with E-state index in [1.807, 2.05) is 30.3 Å². The highest BCUT2D eigenvalue weighted by Gasteiger charge is 2.41. The molecular weight excluding hydrogens is 349 g/mol. The van der Waals surface area contributed by atoms with Crippen molar-refractivity contribution in [2.75, 3.05) is 6.61 Å². The zero-order valence-electron chi connectivity index (χ0n) is 14.7. The van der Waals surface area contributed by atoms with Crippen molar-refractivity contribution < 1.29 is 18.8 Å². The van der Waals surface area contributed by atoms with Crippen LogP contribution in [0.3, 0.4) is 0 Å². The first-order valence-corrected chi connectivity index (χ1v) is 8.75. The largest absolute Gasteiger partial charge is 0.376 e. The van der Waals surface area contributed by atoms with Gasteiger partial charge in [-0.3, -0.25) is 14.9 Å². The summed E-state index contributed by atoms with van der Waals surface area (Å²) in [5.41, 5.74) is 2.08. The lowest BCUT2D eigenvalue weighted by atomic mass is 9.74. The Bertz CT molecular complexity index is 820. The first-order chi connectivity index (χ1) is 13.1. The third-order valence-electron chi connectivity index (χ3n) is 4.85. The number of nitrogens with zero attached hydrogens (tertiary/aromatic N) is 1. The molecule has 1 aliphatic rings. The molecule has 0 unspecified atom stereocenters. The SMILES string of the molecule is O=CC1=C[C@H](COCc2ccccc2)[C@@H](c2ccc(F)cc2)[C@@H]([N+](=O)[O-])C1. The number of nitro groups is 1. The van der Waals surface area contributed by atoms with Gasteiger partial charge in [0, 0.05) is 17.3 Å². The Labute approximate surface area is 156 Å². The quantitative estimate of drug-likeness (QED) is 0.421. The zero-order chi connectivity index (χ0) is 19.2. The molecule has 3 atom stereocenters. The van der Waals surface area contributed by atoms with Crippen molar-refractivity contribution in [2.24, 2.45) is 5.92 Å². The van der Waals surface area contributed by atoms with Gasteiger partial charge in [0.2, 0.25) is 6.04 Å². The van der Waals surface area contributed by atoms with Gasteiger partial charge in [0.25, 0.3) is 0 Å². The minimum atomic E-state index is -0.953. The standard InChI is InChI=1S/C21H20FNO4/c22-19-8-6-17(7-9-19)21-18(10-16(12-24)11-20(21)23(25)26)14-27-13-15-4-2-1-3-5-15/h1-10,12,18,20-21H,11,13-14H2/t18-,20+,21-/m1/s1. The third-order valence-corrected chi connectivity index (χ3v) is 4.85. The molecule has 0 fully saturated rings. The molecule has 0 spiro atoms. The van der Waals surface area contributed by atoms with E-state index in [-0.39, 0.29) is 23.9 Å². The molecule has 0 amide bonds. The molecule has 0 saturated heterocycles. The van der Waals surface area contributed by atoms with Crippen molar-refractivity contribution in [1.82, 2.24) is 0 Å². The maximum absolute atomic E-state index is 13.3. The monoisotopic (exact) mass is 369 g/mol. The van der Waals surface area contributed by atoms with Crippen molar-refractivity contribution in [3.05, 3.63) is 93.3 Å². The maximum Gasteiger partial charge on any atom is 0.224 e. The number of halogens is 1. The van der Waals surface area contributed by atoms with E-state index in [1.165, 1.54) is 12.1 Å². The van der Waals surface area contributed by atoms with Crippen LogP contribution in [-0.2, 0) is 16.1 Å². The van der Waals surface area contributed by atoms with Crippen molar-refractivity contribution in [3.8, 4) is 0 Å². The highest BCUT2D eigenvalue weighted by atomic mass is 19.1. The average Bonchev–Trinajstić information content (AvgIpc) is 2.69. The number of rotatable bonds is 7. The topological polar surface area (TPSA) is 69.4 Å². The lowest BCUT2D eigenvalue weighted by molar-refractivity contribution is -0.528. The van der Waals surface area contributed by atoms with Crippen LogP contribution in [0.25, 0.3) is 0 Å². The zero-order valence-corrected chi connectivity index (χ0v) is 14.7. The Balaban J connectivity index is 1.84. The normalized spacial score (nSPS) is 22.1. The summed E-state index contributed by atoms with van der Waals surface area (Å²) in [5.74, 6) is -1.23. The third kappa shape index (κ3) is 4.65. The summed E-state index contributed by atoms with van der Waals surface area (Å²) in [6, 6.07) is 14.4. The highest BCUT2D eigenvalue weighted by molar-refractivity contribution is 5.73. The lowest BCUT2D eigenvalue weighted by Crippen LogP contribution is -2.37. The van der Waals surface area contributed by atoms with Crippen LogP contribution in [-0.4, -0.2) is 23.9 Å². The summed E-state index contributed by atoms with van der Waals surface area (Å²) in [5, 5.41) is 11.7. The van der Waals surface area contributed by atoms with E-state index in [0.29, 0.717) is 24.0 Å². The van der Waals surface area contributed by atoms with Gasteiger partial charge in [-0.05, 0) is 28.8 Å². The van der Waals surface area contributed by atoms with Crippen molar-refractivity contribution >= 4 is 6.29 Å². The summed E-state index contributed by atoms with van der Waals surface area (Å²) in [4.78, 5) is 22.6. The van der Waals surface area contributed by atoms with Crippen LogP contribution in [0.1, 0.15) is 23.5 Å². The van der Waals surface area contributed by atoms with E-state index in [0.717, 1.165) is 5.56 Å². The Morgan fingerprint density at radius 2 is 1.85 bits per heavy atom. The predicted octanol–water partition coefficient (Wildman–Crippen LogP) is 3.92. The molecule has 140 valence electrons. The summed E-state index contributed by atoms with van der Waals surface area (Å²) in [6.07, 6.45) is 2.49. The second-order valence-corrected chi connectivity index (χ2v) is 6.66. The molecule has 1 aliphatic carbocycles. The molecule has 0 radical (unpaired) electrons. The maximum atomic E-state index is 13.3. The number of aldehydes is 1. The Hall–Kier alpha value is -2.86. The molecule has 0 bridgehead atoms. The average molecular weight is 369 g/mol. The summed E-state index contributed by atoms with van der Waals surface area (Å²) < 4.78 is 19.1. The van der Waals surface area contributed by atoms with Gasteiger partial charge in [-0.1, -0.05) is 48.5 Å². The van der Waals surface area contributed by atoms with E-state index in [4.69, 9.17) is 4.74 Å². The minimum Gasteiger partial charge on any atom is -0.376 e. The van der Waals surface area contributed by atoms with Crippen molar-refractivity contribution in [1.29, 1.82) is 0 Å². The molecule has 0 saturated carbocycles. The number of carbonyl (C=O) groups excluding carboxylic acids is 1. The molecule has 0 heterocycles. The van der Waals surface area contributed by atoms with Gasteiger partial charge in [-0.15, -0.1) is 0 Å². The lowest BCUT2D eigenvalue weighted by Gasteiger charge is -2.31. The fourth-order valence-electron chi connectivity index (χ4n) is 3.59. The Morgan fingerprint density at radius 3 is 2.48 bits per heavy atom.